The zero-order valence-electron chi connectivity index (χ0n) is 14.5. The van der Waals surface area contributed by atoms with Gasteiger partial charge in [-0.25, -0.2) is 9.67 Å². The summed E-state index contributed by atoms with van der Waals surface area (Å²) >= 11 is 0. The summed E-state index contributed by atoms with van der Waals surface area (Å²) in [5.74, 6) is 1.85. The first kappa shape index (κ1) is 16.6. The molecular weight excluding hydrogens is 304 g/mol. The molecule has 2 heterocycles. The van der Waals surface area contributed by atoms with Gasteiger partial charge in [-0.3, -0.25) is 4.79 Å². The SMILES string of the molecule is CCOCC(=O)N1CCn2nc(-c3ccccc3)nc2[C@@H]1C(C)C. The summed E-state index contributed by atoms with van der Waals surface area (Å²) in [4.78, 5) is 19.1. The summed E-state index contributed by atoms with van der Waals surface area (Å²) in [5, 5.41) is 4.65. The second-order valence-electron chi connectivity index (χ2n) is 6.30. The molecule has 0 saturated carbocycles. The third kappa shape index (κ3) is 3.19. The highest BCUT2D eigenvalue weighted by Crippen LogP contribution is 2.32. The molecule has 3 rings (SSSR count). The van der Waals surface area contributed by atoms with Crippen molar-refractivity contribution in [2.75, 3.05) is 19.8 Å². The van der Waals surface area contributed by atoms with Gasteiger partial charge in [0.15, 0.2) is 11.6 Å². The Bertz CT molecular complexity index is 696. The second-order valence-corrected chi connectivity index (χ2v) is 6.30. The third-order valence-electron chi connectivity index (χ3n) is 4.27. The van der Waals surface area contributed by atoms with Crippen LogP contribution in [0.15, 0.2) is 30.3 Å². The average Bonchev–Trinajstić information content (AvgIpc) is 3.03. The van der Waals surface area contributed by atoms with Crippen LogP contribution in [0.1, 0.15) is 32.6 Å². The van der Waals surface area contributed by atoms with Crippen molar-refractivity contribution in [2.45, 2.75) is 33.4 Å². The minimum absolute atomic E-state index is 0.0195. The quantitative estimate of drug-likeness (QED) is 0.846. The lowest BCUT2D eigenvalue weighted by Gasteiger charge is -2.37. The van der Waals surface area contributed by atoms with E-state index in [0.717, 1.165) is 17.2 Å². The van der Waals surface area contributed by atoms with E-state index in [4.69, 9.17) is 9.72 Å². The Hall–Kier alpha value is -2.21. The Kier molecular flexibility index (Phi) is 4.94. The zero-order chi connectivity index (χ0) is 17.1. The van der Waals surface area contributed by atoms with Gasteiger partial charge in [-0.2, -0.15) is 5.10 Å². The van der Waals surface area contributed by atoms with Crippen LogP contribution < -0.4 is 0 Å². The number of ether oxygens (including phenoxy) is 1. The van der Waals surface area contributed by atoms with E-state index in [-0.39, 0.29) is 24.5 Å². The summed E-state index contributed by atoms with van der Waals surface area (Å²) in [6.07, 6.45) is 0. The molecule has 1 atom stereocenters. The van der Waals surface area contributed by atoms with Crippen molar-refractivity contribution in [3.8, 4) is 11.4 Å². The molecule has 1 amide bonds. The topological polar surface area (TPSA) is 60.2 Å². The van der Waals surface area contributed by atoms with Gasteiger partial charge in [0.1, 0.15) is 6.61 Å². The molecule has 128 valence electrons. The lowest BCUT2D eigenvalue weighted by Crippen LogP contribution is -2.46. The van der Waals surface area contributed by atoms with E-state index in [1.54, 1.807) is 0 Å². The van der Waals surface area contributed by atoms with Crippen molar-refractivity contribution in [3.05, 3.63) is 36.2 Å². The van der Waals surface area contributed by atoms with Crippen LogP contribution in [-0.2, 0) is 16.1 Å². The molecule has 0 aliphatic carbocycles. The van der Waals surface area contributed by atoms with Crippen molar-refractivity contribution >= 4 is 5.91 Å². The van der Waals surface area contributed by atoms with Crippen molar-refractivity contribution in [2.24, 2.45) is 5.92 Å². The molecule has 0 saturated heterocycles. The molecule has 0 unspecified atom stereocenters. The lowest BCUT2D eigenvalue weighted by molar-refractivity contribution is -0.141. The van der Waals surface area contributed by atoms with Crippen LogP contribution in [0, 0.1) is 5.92 Å². The van der Waals surface area contributed by atoms with E-state index in [1.807, 2.05) is 46.8 Å². The van der Waals surface area contributed by atoms with Crippen molar-refractivity contribution in [1.29, 1.82) is 0 Å². The van der Waals surface area contributed by atoms with E-state index in [1.165, 1.54) is 0 Å². The molecule has 0 bridgehead atoms. The Morgan fingerprint density at radius 3 is 2.71 bits per heavy atom. The van der Waals surface area contributed by atoms with Gasteiger partial charge in [-0.1, -0.05) is 44.2 Å². The third-order valence-corrected chi connectivity index (χ3v) is 4.27. The predicted octanol–water partition coefficient (Wildman–Crippen LogP) is 2.52. The summed E-state index contributed by atoms with van der Waals surface area (Å²) in [6, 6.07) is 9.87. The molecule has 6 heteroatoms. The number of amides is 1. The number of rotatable bonds is 5. The first-order valence-electron chi connectivity index (χ1n) is 8.49. The van der Waals surface area contributed by atoms with E-state index >= 15 is 0 Å². The lowest BCUT2D eigenvalue weighted by atomic mass is 10.00. The van der Waals surface area contributed by atoms with Crippen LogP contribution in [-0.4, -0.2) is 45.3 Å². The smallest absolute Gasteiger partial charge is 0.249 e. The molecule has 1 aliphatic rings. The van der Waals surface area contributed by atoms with Crippen LogP contribution in [0.5, 0.6) is 0 Å². The fourth-order valence-electron chi connectivity index (χ4n) is 3.14. The van der Waals surface area contributed by atoms with Crippen molar-refractivity contribution in [1.82, 2.24) is 19.7 Å². The van der Waals surface area contributed by atoms with Gasteiger partial charge in [0.25, 0.3) is 0 Å². The normalized spacial score (nSPS) is 17.2. The van der Waals surface area contributed by atoms with Crippen LogP contribution in [0.2, 0.25) is 0 Å². The number of fused-ring (bicyclic) bond motifs is 1. The molecule has 1 aliphatic heterocycles. The Morgan fingerprint density at radius 1 is 1.29 bits per heavy atom. The highest BCUT2D eigenvalue weighted by Gasteiger charge is 2.35. The second kappa shape index (κ2) is 7.13. The maximum absolute atomic E-state index is 12.5. The van der Waals surface area contributed by atoms with Crippen LogP contribution in [0.4, 0.5) is 0 Å². The van der Waals surface area contributed by atoms with Gasteiger partial charge in [-0.05, 0) is 12.8 Å². The minimum atomic E-state index is -0.0725. The molecule has 0 fully saturated rings. The molecule has 0 spiro atoms. The van der Waals surface area contributed by atoms with E-state index < -0.39 is 0 Å². The van der Waals surface area contributed by atoms with Gasteiger partial charge < -0.3 is 9.64 Å². The summed E-state index contributed by atoms with van der Waals surface area (Å²) < 4.78 is 7.25. The van der Waals surface area contributed by atoms with E-state index in [2.05, 4.69) is 18.9 Å². The summed E-state index contributed by atoms with van der Waals surface area (Å²) in [5.41, 5.74) is 0.995. The molecular formula is C18H24N4O2. The number of benzene rings is 1. The van der Waals surface area contributed by atoms with Gasteiger partial charge in [0.2, 0.25) is 5.91 Å². The Balaban J connectivity index is 1.92. The van der Waals surface area contributed by atoms with E-state index in [9.17, 15) is 4.79 Å². The summed E-state index contributed by atoms with van der Waals surface area (Å²) in [7, 11) is 0. The number of carbonyl (C=O) groups is 1. The largest absolute Gasteiger partial charge is 0.372 e. The maximum Gasteiger partial charge on any atom is 0.249 e. The maximum atomic E-state index is 12.5. The number of hydrogen-bond donors (Lipinski definition) is 0. The minimum Gasteiger partial charge on any atom is -0.372 e. The number of carbonyl (C=O) groups excluding carboxylic acids is 1. The Labute approximate surface area is 142 Å². The molecule has 1 aromatic heterocycles. The number of nitrogens with zero attached hydrogens (tertiary/aromatic N) is 4. The fourth-order valence-corrected chi connectivity index (χ4v) is 3.14. The van der Waals surface area contributed by atoms with Crippen LogP contribution in [0.25, 0.3) is 11.4 Å². The molecule has 6 nitrogen and oxygen atoms in total. The molecule has 0 N–H and O–H groups in total. The van der Waals surface area contributed by atoms with Crippen molar-refractivity contribution in [3.63, 3.8) is 0 Å². The number of hydrogen-bond acceptors (Lipinski definition) is 4. The zero-order valence-corrected chi connectivity index (χ0v) is 14.5. The average molecular weight is 328 g/mol. The fraction of sp³-hybridized carbons (Fsp3) is 0.500. The first-order valence-corrected chi connectivity index (χ1v) is 8.49. The number of aromatic nitrogens is 3. The highest BCUT2D eigenvalue weighted by atomic mass is 16.5. The molecule has 1 aromatic carbocycles. The van der Waals surface area contributed by atoms with Crippen molar-refractivity contribution < 1.29 is 9.53 Å². The molecule has 0 radical (unpaired) electrons. The van der Waals surface area contributed by atoms with Gasteiger partial charge in [-0.15, -0.1) is 0 Å². The van der Waals surface area contributed by atoms with E-state index in [0.29, 0.717) is 19.7 Å². The molecule has 24 heavy (non-hydrogen) atoms. The Morgan fingerprint density at radius 2 is 2.04 bits per heavy atom. The van der Waals surface area contributed by atoms with Gasteiger partial charge in [0, 0.05) is 18.7 Å². The first-order chi connectivity index (χ1) is 11.6. The predicted molar refractivity (Wildman–Crippen MR) is 91.2 cm³/mol. The monoisotopic (exact) mass is 328 g/mol. The summed E-state index contributed by atoms with van der Waals surface area (Å²) in [6.45, 7) is 8.08. The molecule has 2 aromatic rings. The van der Waals surface area contributed by atoms with Crippen LogP contribution in [0.3, 0.4) is 0 Å². The van der Waals surface area contributed by atoms with Gasteiger partial charge in [0.05, 0.1) is 12.6 Å². The van der Waals surface area contributed by atoms with Gasteiger partial charge >= 0.3 is 0 Å². The standard InChI is InChI=1S/C18H24N4O2/c1-4-24-12-15(23)21-10-11-22-18(16(21)13(2)3)19-17(20-22)14-8-6-5-7-9-14/h5-9,13,16H,4,10-12H2,1-3H3/t16-/m0/s1. The van der Waals surface area contributed by atoms with Crippen LogP contribution >= 0.6 is 0 Å². The highest BCUT2D eigenvalue weighted by molar-refractivity contribution is 5.78.